The summed E-state index contributed by atoms with van der Waals surface area (Å²) in [6.45, 7) is 0.987. The van der Waals surface area contributed by atoms with Crippen molar-refractivity contribution in [3.8, 4) is 0 Å². The van der Waals surface area contributed by atoms with Crippen LogP contribution in [-0.2, 0) is 17.6 Å². The molecule has 0 radical (unpaired) electrons. The number of carbonyl (C=O) groups is 1. The van der Waals surface area contributed by atoms with Crippen molar-refractivity contribution in [3.05, 3.63) is 64.7 Å². The van der Waals surface area contributed by atoms with Crippen LogP contribution in [-0.4, -0.2) is 24.0 Å². The Bertz CT molecular complexity index is 872. The minimum atomic E-state index is 0.0502. The van der Waals surface area contributed by atoms with E-state index in [-0.39, 0.29) is 11.9 Å². The van der Waals surface area contributed by atoms with Gasteiger partial charge in [0.05, 0.1) is 21.8 Å². The molecule has 2 aromatic carbocycles. The molecule has 3 aromatic rings. The van der Waals surface area contributed by atoms with Crippen molar-refractivity contribution in [2.45, 2.75) is 31.7 Å². The lowest BCUT2D eigenvalue weighted by molar-refractivity contribution is -0.120. The van der Waals surface area contributed by atoms with Crippen molar-refractivity contribution in [1.29, 1.82) is 0 Å². The third kappa shape index (κ3) is 3.94. The fourth-order valence-corrected chi connectivity index (χ4v) is 4.55. The normalized spacial score (nSPS) is 16.4. The van der Waals surface area contributed by atoms with Gasteiger partial charge in [0.25, 0.3) is 0 Å². The van der Waals surface area contributed by atoms with Crippen LogP contribution in [0.25, 0.3) is 10.2 Å². The van der Waals surface area contributed by atoms with Gasteiger partial charge in [-0.05, 0) is 42.5 Å². The zero-order valence-electron chi connectivity index (χ0n) is 14.7. The van der Waals surface area contributed by atoms with Gasteiger partial charge in [0.1, 0.15) is 0 Å². The molecular weight excluding hydrogens is 342 g/mol. The lowest BCUT2D eigenvalue weighted by atomic mass is 9.88. The van der Waals surface area contributed by atoms with Gasteiger partial charge in [0.15, 0.2) is 0 Å². The van der Waals surface area contributed by atoms with E-state index in [1.807, 2.05) is 18.2 Å². The zero-order chi connectivity index (χ0) is 17.8. The second-order valence-corrected chi connectivity index (χ2v) is 7.82. The third-order valence-corrected chi connectivity index (χ3v) is 5.97. The van der Waals surface area contributed by atoms with E-state index < -0.39 is 0 Å². The van der Waals surface area contributed by atoms with E-state index in [1.54, 1.807) is 11.3 Å². The molecule has 1 unspecified atom stereocenters. The summed E-state index contributed by atoms with van der Waals surface area (Å²) in [5.41, 5.74) is 3.80. The Morgan fingerprint density at radius 3 is 2.92 bits per heavy atom. The average Bonchev–Trinajstić information content (AvgIpc) is 3.09. The summed E-state index contributed by atoms with van der Waals surface area (Å²) in [6.07, 6.45) is 4.18. The molecule has 1 amide bonds. The summed E-state index contributed by atoms with van der Waals surface area (Å²) < 4.78 is 1.20. The molecular formula is C21H23N3OS. The Morgan fingerprint density at radius 1 is 1.15 bits per heavy atom. The topological polar surface area (TPSA) is 54.0 Å². The monoisotopic (exact) mass is 365 g/mol. The van der Waals surface area contributed by atoms with Crippen molar-refractivity contribution < 1.29 is 4.79 Å². The number of benzene rings is 2. The number of hydrogen-bond acceptors (Lipinski definition) is 4. The number of aromatic nitrogens is 1. The molecule has 1 aliphatic rings. The van der Waals surface area contributed by atoms with Gasteiger partial charge in [0, 0.05) is 19.0 Å². The van der Waals surface area contributed by atoms with E-state index in [9.17, 15) is 4.79 Å². The van der Waals surface area contributed by atoms with Gasteiger partial charge in [-0.15, -0.1) is 11.3 Å². The molecule has 0 saturated heterocycles. The summed E-state index contributed by atoms with van der Waals surface area (Å²) in [6, 6.07) is 17.0. The fraction of sp³-hybridized carbons (Fsp3) is 0.333. The standard InChI is InChI=1S/C21H23N3OS/c25-20(14-23-17-10-5-7-15-6-1-2-8-16(15)17)22-13-12-21-24-18-9-3-4-11-19(18)26-21/h1-4,6,8-9,11,17,23H,5,7,10,12-14H2,(H,22,25). The van der Waals surface area contributed by atoms with Gasteiger partial charge in [-0.1, -0.05) is 36.4 Å². The number of thiazole rings is 1. The molecule has 4 nitrogen and oxygen atoms in total. The predicted octanol–water partition coefficient (Wildman–Crippen LogP) is 3.62. The highest BCUT2D eigenvalue weighted by atomic mass is 32.1. The average molecular weight is 366 g/mol. The van der Waals surface area contributed by atoms with Crippen LogP contribution in [0.1, 0.15) is 35.0 Å². The number of aryl methyl sites for hydroxylation is 1. The maximum atomic E-state index is 12.2. The highest BCUT2D eigenvalue weighted by Crippen LogP contribution is 2.29. The maximum absolute atomic E-state index is 12.2. The Hall–Kier alpha value is -2.24. The van der Waals surface area contributed by atoms with E-state index in [0.29, 0.717) is 13.1 Å². The van der Waals surface area contributed by atoms with E-state index in [0.717, 1.165) is 29.8 Å². The van der Waals surface area contributed by atoms with Gasteiger partial charge in [-0.3, -0.25) is 4.79 Å². The van der Waals surface area contributed by atoms with Crippen LogP contribution >= 0.6 is 11.3 Å². The molecule has 0 saturated carbocycles. The molecule has 134 valence electrons. The first-order valence-electron chi connectivity index (χ1n) is 9.22. The number of nitrogens with zero attached hydrogens (tertiary/aromatic N) is 1. The minimum absolute atomic E-state index is 0.0502. The number of nitrogens with one attached hydrogen (secondary N) is 2. The summed E-state index contributed by atoms with van der Waals surface area (Å²) in [4.78, 5) is 16.8. The van der Waals surface area contributed by atoms with Crippen LogP contribution < -0.4 is 10.6 Å². The van der Waals surface area contributed by atoms with Crippen molar-refractivity contribution >= 4 is 27.5 Å². The maximum Gasteiger partial charge on any atom is 0.233 e. The number of rotatable bonds is 6. The Balaban J connectivity index is 1.25. The Labute approximate surface area is 157 Å². The largest absolute Gasteiger partial charge is 0.355 e. The summed E-state index contributed by atoms with van der Waals surface area (Å²) in [5, 5.41) is 7.50. The third-order valence-electron chi connectivity index (χ3n) is 4.88. The lowest BCUT2D eigenvalue weighted by Gasteiger charge is -2.26. The van der Waals surface area contributed by atoms with Crippen LogP contribution in [0.3, 0.4) is 0 Å². The van der Waals surface area contributed by atoms with E-state index in [1.165, 1.54) is 22.2 Å². The van der Waals surface area contributed by atoms with Crippen LogP contribution in [0.15, 0.2) is 48.5 Å². The molecule has 2 N–H and O–H groups in total. The van der Waals surface area contributed by atoms with Crippen LogP contribution in [0, 0.1) is 0 Å². The highest BCUT2D eigenvalue weighted by Gasteiger charge is 2.19. The fourth-order valence-electron chi connectivity index (χ4n) is 3.58. The van der Waals surface area contributed by atoms with Crippen molar-refractivity contribution in [1.82, 2.24) is 15.6 Å². The number of hydrogen-bond donors (Lipinski definition) is 2. The molecule has 4 rings (SSSR count). The smallest absolute Gasteiger partial charge is 0.233 e. The molecule has 1 heterocycles. The number of carbonyl (C=O) groups excluding carboxylic acids is 1. The molecule has 1 aromatic heterocycles. The van der Waals surface area contributed by atoms with Crippen LogP contribution in [0.4, 0.5) is 0 Å². The first-order chi connectivity index (χ1) is 12.8. The first-order valence-corrected chi connectivity index (χ1v) is 10.0. The second-order valence-electron chi connectivity index (χ2n) is 6.70. The molecule has 0 bridgehead atoms. The Morgan fingerprint density at radius 2 is 2.00 bits per heavy atom. The summed E-state index contributed by atoms with van der Waals surface area (Å²) in [5.74, 6) is 0.0502. The molecule has 26 heavy (non-hydrogen) atoms. The predicted molar refractivity (Wildman–Crippen MR) is 106 cm³/mol. The van der Waals surface area contributed by atoms with E-state index in [4.69, 9.17) is 0 Å². The zero-order valence-corrected chi connectivity index (χ0v) is 15.5. The summed E-state index contributed by atoms with van der Waals surface area (Å²) in [7, 11) is 0. The van der Waals surface area contributed by atoms with Gasteiger partial charge in [0.2, 0.25) is 5.91 Å². The Kier molecular flexibility index (Phi) is 5.27. The molecule has 1 atom stereocenters. The minimum Gasteiger partial charge on any atom is -0.355 e. The van der Waals surface area contributed by atoms with Crippen LogP contribution in [0.2, 0.25) is 0 Å². The van der Waals surface area contributed by atoms with Gasteiger partial charge in [-0.25, -0.2) is 4.98 Å². The second kappa shape index (κ2) is 7.98. The lowest BCUT2D eigenvalue weighted by Crippen LogP contribution is -2.37. The van der Waals surface area contributed by atoms with Gasteiger partial charge in [-0.2, -0.15) is 0 Å². The molecule has 0 spiro atoms. The number of para-hydroxylation sites is 1. The van der Waals surface area contributed by atoms with Gasteiger partial charge >= 0.3 is 0 Å². The van der Waals surface area contributed by atoms with Crippen LogP contribution in [0.5, 0.6) is 0 Å². The molecule has 1 aliphatic carbocycles. The van der Waals surface area contributed by atoms with Crippen molar-refractivity contribution in [2.75, 3.05) is 13.1 Å². The van der Waals surface area contributed by atoms with Crippen molar-refractivity contribution in [3.63, 3.8) is 0 Å². The first kappa shape index (κ1) is 17.2. The quantitative estimate of drug-likeness (QED) is 0.701. The molecule has 0 aliphatic heterocycles. The SMILES string of the molecule is O=C(CNC1CCCc2ccccc21)NCCc1nc2ccccc2s1. The molecule has 5 heteroatoms. The van der Waals surface area contributed by atoms with Crippen molar-refractivity contribution in [2.24, 2.45) is 0 Å². The number of fused-ring (bicyclic) bond motifs is 2. The number of amides is 1. The molecule has 0 fully saturated rings. The van der Waals surface area contributed by atoms with E-state index >= 15 is 0 Å². The van der Waals surface area contributed by atoms with E-state index in [2.05, 4.69) is 45.9 Å². The van der Waals surface area contributed by atoms with Gasteiger partial charge < -0.3 is 10.6 Å². The summed E-state index contributed by atoms with van der Waals surface area (Å²) >= 11 is 1.70. The highest BCUT2D eigenvalue weighted by molar-refractivity contribution is 7.18.